The molecule has 3 aromatic rings. The number of carbonyl (C=O) groups is 1. The van der Waals surface area contributed by atoms with Crippen LogP contribution in [-0.4, -0.2) is 17.9 Å². The second kappa shape index (κ2) is 7.95. The van der Waals surface area contributed by atoms with E-state index in [2.05, 4.69) is 0 Å². The Labute approximate surface area is 150 Å². The zero-order valence-electron chi connectivity index (χ0n) is 14.4. The molecule has 0 unspecified atom stereocenters. The van der Waals surface area contributed by atoms with Crippen molar-refractivity contribution in [2.45, 2.75) is 19.4 Å². The summed E-state index contributed by atoms with van der Waals surface area (Å²) in [5.74, 6) is 0.0650. The molecular formula is C21H19F2NO2. The molecule has 0 saturated carbocycles. The molecule has 0 saturated heterocycles. The van der Waals surface area contributed by atoms with Gasteiger partial charge in [0.1, 0.15) is 23.2 Å². The molecule has 0 N–H and O–H groups in total. The van der Waals surface area contributed by atoms with Crippen molar-refractivity contribution in [3.63, 3.8) is 0 Å². The third-order valence-corrected chi connectivity index (χ3v) is 4.15. The topological polar surface area (TPSA) is 33.5 Å². The van der Waals surface area contributed by atoms with Gasteiger partial charge in [-0.1, -0.05) is 36.4 Å². The number of carbonyl (C=O) groups excluding carboxylic acids is 1. The average molecular weight is 355 g/mol. The Morgan fingerprint density at radius 1 is 1.04 bits per heavy atom. The molecule has 0 spiro atoms. The molecule has 1 aromatic heterocycles. The van der Waals surface area contributed by atoms with E-state index in [4.69, 9.17) is 4.42 Å². The molecule has 1 amide bonds. The monoisotopic (exact) mass is 355 g/mol. The van der Waals surface area contributed by atoms with Crippen LogP contribution in [0.15, 0.2) is 65.1 Å². The molecule has 0 fully saturated rings. The minimum atomic E-state index is -0.650. The lowest BCUT2D eigenvalue weighted by atomic mass is 10.1. The van der Waals surface area contributed by atoms with E-state index < -0.39 is 11.6 Å². The van der Waals surface area contributed by atoms with Gasteiger partial charge in [-0.05, 0) is 18.2 Å². The molecule has 26 heavy (non-hydrogen) atoms. The zero-order chi connectivity index (χ0) is 18.5. The van der Waals surface area contributed by atoms with E-state index >= 15 is 0 Å². The summed E-state index contributed by atoms with van der Waals surface area (Å²) in [7, 11) is 1.60. The summed E-state index contributed by atoms with van der Waals surface area (Å²) in [6.07, 6.45) is 0.711. The van der Waals surface area contributed by atoms with E-state index in [9.17, 15) is 13.6 Å². The highest BCUT2D eigenvalue weighted by Crippen LogP contribution is 2.22. The van der Waals surface area contributed by atoms with Crippen molar-refractivity contribution in [1.82, 2.24) is 4.90 Å². The van der Waals surface area contributed by atoms with Crippen molar-refractivity contribution in [3.05, 3.63) is 83.6 Å². The van der Waals surface area contributed by atoms with E-state index in [1.54, 1.807) is 7.05 Å². The molecule has 0 atom stereocenters. The van der Waals surface area contributed by atoms with Crippen LogP contribution >= 0.6 is 0 Å². The molecule has 3 rings (SSSR count). The van der Waals surface area contributed by atoms with Gasteiger partial charge < -0.3 is 9.32 Å². The summed E-state index contributed by atoms with van der Waals surface area (Å²) >= 11 is 0. The number of benzene rings is 2. The van der Waals surface area contributed by atoms with Gasteiger partial charge in [0.15, 0.2) is 0 Å². The van der Waals surface area contributed by atoms with Crippen LogP contribution in [-0.2, 0) is 17.8 Å². The fourth-order valence-corrected chi connectivity index (χ4v) is 2.68. The first-order valence-electron chi connectivity index (χ1n) is 8.35. The number of nitrogens with zero attached hydrogens (tertiary/aromatic N) is 1. The molecule has 5 heteroatoms. The Hall–Kier alpha value is -2.95. The third kappa shape index (κ3) is 4.36. The number of furan rings is 1. The lowest BCUT2D eigenvalue weighted by molar-refractivity contribution is -0.130. The molecule has 0 aliphatic rings. The van der Waals surface area contributed by atoms with Crippen molar-refractivity contribution in [2.24, 2.45) is 0 Å². The van der Waals surface area contributed by atoms with E-state index in [1.807, 2.05) is 42.5 Å². The highest BCUT2D eigenvalue weighted by Gasteiger charge is 2.14. The molecular weight excluding hydrogens is 336 g/mol. The zero-order valence-corrected chi connectivity index (χ0v) is 14.4. The SMILES string of the molecule is CN(Cc1ccc(F)cc1F)C(=O)CCc1ccc(-c2ccccc2)o1. The summed E-state index contributed by atoms with van der Waals surface area (Å²) < 4.78 is 32.4. The summed E-state index contributed by atoms with van der Waals surface area (Å²) in [5, 5.41) is 0. The van der Waals surface area contributed by atoms with Gasteiger partial charge in [-0.2, -0.15) is 0 Å². The Morgan fingerprint density at radius 3 is 2.54 bits per heavy atom. The van der Waals surface area contributed by atoms with Crippen molar-refractivity contribution in [3.8, 4) is 11.3 Å². The van der Waals surface area contributed by atoms with Gasteiger partial charge in [0.25, 0.3) is 0 Å². The van der Waals surface area contributed by atoms with Crippen LogP contribution in [0, 0.1) is 11.6 Å². The van der Waals surface area contributed by atoms with Crippen LogP contribution in [0.25, 0.3) is 11.3 Å². The lowest BCUT2D eigenvalue weighted by Gasteiger charge is -2.17. The smallest absolute Gasteiger partial charge is 0.223 e. The van der Waals surface area contributed by atoms with E-state index in [0.717, 1.165) is 23.2 Å². The lowest BCUT2D eigenvalue weighted by Crippen LogP contribution is -2.26. The van der Waals surface area contributed by atoms with Crippen molar-refractivity contribution in [2.75, 3.05) is 7.05 Å². The minimum Gasteiger partial charge on any atom is -0.461 e. The fourth-order valence-electron chi connectivity index (χ4n) is 2.68. The largest absolute Gasteiger partial charge is 0.461 e. The first kappa shape index (κ1) is 17.9. The number of amides is 1. The fraction of sp³-hybridized carbons (Fsp3) is 0.190. The Balaban J connectivity index is 1.56. The predicted octanol–water partition coefficient (Wildman–Crippen LogP) is 4.82. The highest BCUT2D eigenvalue weighted by molar-refractivity contribution is 5.76. The van der Waals surface area contributed by atoms with Crippen molar-refractivity contribution >= 4 is 5.91 Å². The number of rotatable bonds is 6. The minimum absolute atomic E-state index is 0.0956. The first-order chi connectivity index (χ1) is 12.5. The third-order valence-electron chi connectivity index (χ3n) is 4.15. The number of halogens is 2. The predicted molar refractivity (Wildman–Crippen MR) is 95.3 cm³/mol. The Bertz CT molecular complexity index is 890. The summed E-state index contributed by atoms with van der Waals surface area (Å²) in [6.45, 7) is 0.0956. The normalized spacial score (nSPS) is 10.7. The molecule has 134 valence electrons. The van der Waals surface area contributed by atoms with Crippen LogP contribution < -0.4 is 0 Å². The second-order valence-electron chi connectivity index (χ2n) is 6.12. The number of aryl methyl sites for hydroxylation is 1. The second-order valence-corrected chi connectivity index (χ2v) is 6.12. The van der Waals surface area contributed by atoms with E-state index in [-0.39, 0.29) is 24.4 Å². The van der Waals surface area contributed by atoms with Gasteiger partial charge in [-0.3, -0.25) is 4.79 Å². The van der Waals surface area contributed by atoms with Gasteiger partial charge in [0.2, 0.25) is 5.91 Å². The van der Waals surface area contributed by atoms with Crippen LogP contribution in [0.2, 0.25) is 0 Å². The maximum atomic E-state index is 13.7. The quantitative estimate of drug-likeness (QED) is 0.635. The summed E-state index contributed by atoms with van der Waals surface area (Å²) in [6, 6.07) is 16.8. The van der Waals surface area contributed by atoms with Crippen molar-refractivity contribution in [1.29, 1.82) is 0 Å². The standard InChI is InChI=1S/C21H19F2NO2/c1-24(14-16-7-8-17(22)13-19(16)23)21(25)12-10-18-9-11-20(26-18)15-5-3-2-4-6-15/h2-9,11,13H,10,12,14H2,1H3. The van der Waals surface area contributed by atoms with Gasteiger partial charge in [-0.25, -0.2) is 8.78 Å². The molecule has 1 heterocycles. The van der Waals surface area contributed by atoms with Crippen molar-refractivity contribution < 1.29 is 18.0 Å². The van der Waals surface area contributed by atoms with Gasteiger partial charge in [0, 0.05) is 43.6 Å². The van der Waals surface area contributed by atoms with Gasteiger partial charge >= 0.3 is 0 Å². The van der Waals surface area contributed by atoms with Gasteiger partial charge in [-0.15, -0.1) is 0 Å². The molecule has 3 nitrogen and oxygen atoms in total. The van der Waals surface area contributed by atoms with Crippen LogP contribution in [0.4, 0.5) is 8.78 Å². The van der Waals surface area contributed by atoms with Crippen LogP contribution in [0.3, 0.4) is 0 Å². The molecule has 2 aromatic carbocycles. The molecule has 0 aliphatic carbocycles. The van der Waals surface area contributed by atoms with Crippen LogP contribution in [0.5, 0.6) is 0 Å². The highest BCUT2D eigenvalue weighted by atomic mass is 19.1. The van der Waals surface area contributed by atoms with Gasteiger partial charge in [0.05, 0.1) is 0 Å². The van der Waals surface area contributed by atoms with E-state index in [1.165, 1.54) is 17.0 Å². The Kier molecular flexibility index (Phi) is 5.46. The Morgan fingerprint density at radius 2 is 1.81 bits per heavy atom. The van der Waals surface area contributed by atoms with Crippen LogP contribution in [0.1, 0.15) is 17.7 Å². The maximum Gasteiger partial charge on any atom is 0.223 e. The first-order valence-corrected chi connectivity index (χ1v) is 8.35. The van der Waals surface area contributed by atoms with E-state index in [0.29, 0.717) is 6.42 Å². The summed E-state index contributed by atoms with van der Waals surface area (Å²) in [5.41, 5.74) is 1.26. The molecule has 0 bridgehead atoms. The summed E-state index contributed by atoms with van der Waals surface area (Å²) in [4.78, 5) is 13.7. The molecule has 0 radical (unpaired) electrons. The number of hydrogen-bond donors (Lipinski definition) is 0. The maximum absolute atomic E-state index is 13.7. The average Bonchev–Trinajstić information content (AvgIpc) is 3.11. The number of hydrogen-bond acceptors (Lipinski definition) is 2. The molecule has 0 aliphatic heterocycles.